The van der Waals surface area contributed by atoms with Crippen LogP contribution < -0.4 is 4.74 Å². The Labute approximate surface area is 115 Å². The Bertz CT molecular complexity index is 682. The van der Waals surface area contributed by atoms with Gasteiger partial charge in [0.1, 0.15) is 11.5 Å². The summed E-state index contributed by atoms with van der Waals surface area (Å²) in [6.45, 7) is 0. The molecule has 0 atom stereocenters. The molecule has 0 aliphatic carbocycles. The molecule has 5 heteroatoms. The molecule has 1 aliphatic heterocycles. The van der Waals surface area contributed by atoms with Crippen LogP contribution in [0.25, 0.3) is 0 Å². The van der Waals surface area contributed by atoms with Crippen molar-refractivity contribution in [3.8, 4) is 17.4 Å². The monoisotopic (exact) mass is 271 g/mol. The molecule has 0 saturated heterocycles. The van der Waals surface area contributed by atoms with E-state index in [-0.39, 0.29) is 5.75 Å². The average Bonchev–Trinajstić information content (AvgIpc) is 2.64. The molecule has 0 radical (unpaired) electrons. The zero-order valence-electron chi connectivity index (χ0n) is 10.9. The van der Waals surface area contributed by atoms with E-state index in [1.165, 1.54) is 13.3 Å². The van der Waals surface area contributed by atoms with Gasteiger partial charge in [-0.3, -0.25) is 0 Å². The van der Waals surface area contributed by atoms with E-state index in [0.717, 1.165) is 24.0 Å². The molecule has 3 rings (SSSR count). The zero-order chi connectivity index (χ0) is 14.1. The number of aryl methyl sites for hydroxylation is 2. The van der Waals surface area contributed by atoms with Crippen molar-refractivity contribution >= 4 is 5.97 Å². The highest BCUT2D eigenvalue weighted by atomic mass is 16.5. The van der Waals surface area contributed by atoms with Crippen LogP contribution in [-0.4, -0.2) is 23.2 Å². The van der Waals surface area contributed by atoms with Gasteiger partial charge in [-0.05, 0) is 36.6 Å². The molecule has 0 unspecified atom stereocenters. The van der Waals surface area contributed by atoms with Gasteiger partial charge in [0.2, 0.25) is 5.88 Å². The van der Waals surface area contributed by atoms with Gasteiger partial charge in [0.15, 0.2) is 0 Å². The van der Waals surface area contributed by atoms with Gasteiger partial charge < -0.3 is 14.6 Å². The maximum Gasteiger partial charge on any atom is 0.337 e. The lowest BCUT2D eigenvalue weighted by Crippen LogP contribution is -2.02. The molecular weight excluding hydrogens is 258 g/mol. The molecule has 0 fully saturated rings. The molecule has 0 bridgehead atoms. The minimum absolute atomic E-state index is 0.119. The predicted octanol–water partition coefficient (Wildman–Crippen LogP) is 2.46. The highest BCUT2D eigenvalue weighted by Gasteiger charge is 2.18. The fourth-order valence-corrected chi connectivity index (χ4v) is 2.23. The number of ether oxygens (including phenoxy) is 2. The number of carbonyl (C=O) groups excluding carboxylic acids is 1. The van der Waals surface area contributed by atoms with E-state index >= 15 is 0 Å². The summed E-state index contributed by atoms with van der Waals surface area (Å²) in [5.41, 5.74) is 2.28. The largest absolute Gasteiger partial charge is 0.506 e. The van der Waals surface area contributed by atoms with Crippen LogP contribution in [0, 0.1) is 0 Å². The Hall–Kier alpha value is -2.56. The maximum atomic E-state index is 11.5. The van der Waals surface area contributed by atoms with Gasteiger partial charge in [-0.15, -0.1) is 0 Å². The third-order valence-electron chi connectivity index (χ3n) is 3.27. The van der Waals surface area contributed by atoms with Crippen LogP contribution in [0.5, 0.6) is 17.4 Å². The number of hydrogen-bond donors (Lipinski definition) is 1. The van der Waals surface area contributed by atoms with Crippen LogP contribution in [0.1, 0.15) is 21.5 Å². The van der Waals surface area contributed by atoms with E-state index in [1.54, 1.807) is 18.2 Å². The van der Waals surface area contributed by atoms with Gasteiger partial charge in [-0.1, -0.05) is 6.07 Å². The molecule has 2 aromatic rings. The molecule has 1 N–H and O–H groups in total. The van der Waals surface area contributed by atoms with Crippen molar-refractivity contribution in [2.45, 2.75) is 12.8 Å². The van der Waals surface area contributed by atoms with Gasteiger partial charge in [-0.2, -0.15) is 0 Å². The number of aromatic hydroxyl groups is 1. The van der Waals surface area contributed by atoms with Crippen LogP contribution in [-0.2, 0) is 17.6 Å². The SMILES string of the molecule is COC(=O)c1ccc2c(c1)Oc1ncc(O)cc1CC2. The van der Waals surface area contributed by atoms with E-state index in [2.05, 4.69) is 4.98 Å². The zero-order valence-corrected chi connectivity index (χ0v) is 10.9. The van der Waals surface area contributed by atoms with Gasteiger partial charge in [0, 0.05) is 5.56 Å². The van der Waals surface area contributed by atoms with Crippen LogP contribution in [0.15, 0.2) is 30.5 Å². The molecule has 1 aromatic carbocycles. The van der Waals surface area contributed by atoms with Crippen molar-refractivity contribution in [2.24, 2.45) is 0 Å². The Morgan fingerprint density at radius 3 is 2.90 bits per heavy atom. The van der Waals surface area contributed by atoms with Gasteiger partial charge in [-0.25, -0.2) is 9.78 Å². The molecule has 0 amide bonds. The minimum atomic E-state index is -0.403. The van der Waals surface area contributed by atoms with Crippen molar-refractivity contribution in [3.05, 3.63) is 47.2 Å². The first-order valence-electron chi connectivity index (χ1n) is 6.24. The second kappa shape index (κ2) is 4.85. The summed E-state index contributed by atoms with van der Waals surface area (Å²) in [4.78, 5) is 15.6. The summed E-state index contributed by atoms with van der Waals surface area (Å²) >= 11 is 0. The highest BCUT2D eigenvalue weighted by Crippen LogP contribution is 2.34. The summed E-state index contributed by atoms with van der Waals surface area (Å²) in [6.07, 6.45) is 2.82. The normalized spacial score (nSPS) is 12.7. The van der Waals surface area contributed by atoms with Crippen molar-refractivity contribution < 1.29 is 19.4 Å². The summed E-state index contributed by atoms with van der Waals surface area (Å²) in [7, 11) is 1.34. The molecule has 2 heterocycles. The lowest BCUT2D eigenvalue weighted by molar-refractivity contribution is 0.0600. The van der Waals surface area contributed by atoms with E-state index < -0.39 is 5.97 Å². The van der Waals surface area contributed by atoms with Crippen LogP contribution in [0.2, 0.25) is 0 Å². The van der Waals surface area contributed by atoms with E-state index in [4.69, 9.17) is 9.47 Å². The molecule has 102 valence electrons. The summed E-state index contributed by atoms with van der Waals surface area (Å²) in [5.74, 6) is 0.779. The summed E-state index contributed by atoms with van der Waals surface area (Å²) in [5, 5.41) is 9.47. The first kappa shape index (κ1) is 12.5. The highest BCUT2D eigenvalue weighted by molar-refractivity contribution is 5.90. The Morgan fingerprint density at radius 2 is 2.10 bits per heavy atom. The number of esters is 1. The number of aromatic nitrogens is 1. The van der Waals surface area contributed by atoms with Gasteiger partial charge >= 0.3 is 5.97 Å². The quantitative estimate of drug-likeness (QED) is 0.807. The molecule has 5 nitrogen and oxygen atoms in total. The Balaban J connectivity index is 2.02. The van der Waals surface area contributed by atoms with Crippen LogP contribution >= 0.6 is 0 Å². The number of nitrogens with zero attached hydrogens (tertiary/aromatic N) is 1. The first-order chi connectivity index (χ1) is 9.67. The molecule has 1 aliphatic rings. The first-order valence-corrected chi connectivity index (χ1v) is 6.24. The number of hydrogen-bond acceptors (Lipinski definition) is 5. The standard InChI is InChI=1S/C15H13NO4/c1-19-15(18)11-5-3-9-2-4-10-6-12(17)8-16-14(10)20-13(9)7-11/h3,5-8,17H,2,4H2,1H3. The fraction of sp³-hybridized carbons (Fsp3) is 0.200. The Kier molecular flexibility index (Phi) is 3.02. The van der Waals surface area contributed by atoms with Crippen molar-refractivity contribution in [1.82, 2.24) is 4.98 Å². The number of fused-ring (bicyclic) bond motifs is 2. The number of rotatable bonds is 1. The maximum absolute atomic E-state index is 11.5. The van der Waals surface area contributed by atoms with Crippen molar-refractivity contribution in [3.63, 3.8) is 0 Å². The Morgan fingerprint density at radius 1 is 1.30 bits per heavy atom. The number of benzene rings is 1. The topological polar surface area (TPSA) is 68.7 Å². The number of carbonyl (C=O) groups is 1. The van der Waals surface area contributed by atoms with Crippen LogP contribution in [0.3, 0.4) is 0 Å². The van der Waals surface area contributed by atoms with Gasteiger partial charge in [0.25, 0.3) is 0 Å². The number of pyridine rings is 1. The van der Waals surface area contributed by atoms with Crippen LogP contribution in [0.4, 0.5) is 0 Å². The summed E-state index contributed by atoms with van der Waals surface area (Å²) in [6, 6.07) is 6.88. The van der Waals surface area contributed by atoms with E-state index in [1.807, 2.05) is 6.07 Å². The second-order valence-corrected chi connectivity index (χ2v) is 4.57. The fourth-order valence-electron chi connectivity index (χ4n) is 2.23. The lowest BCUT2D eigenvalue weighted by atomic mass is 10.0. The predicted molar refractivity (Wildman–Crippen MR) is 71.2 cm³/mol. The van der Waals surface area contributed by atoms with Gasteiger partial charge in [0.05, 0.1) is 18.9 Å². The third kappa shape index (κ3) is 2.18. The molecule has 1 aromatic heterocycles. The molecular formula is C15H13NO4. The van der Waals surface area contributed by atoms with E-state index in [0.29, 0.717) is 17.2 Å². The minimum Gasteiger partial charge on any atom is -0.506 e. The molecule has 0 spiro atoms. The summed E-state index contributed by atoms with van der Waals surface area (Å²) < 4.78 is 10.5. The van der Waals surface area contributed by atoms with E-state index in [9.17, 15) is 9.90 Å². The second-order valence-electron chi connectivity index (χ2n) is 4.57. The van der Waals surface area contributed by atoms with Crippen molar-refractivity contribution in [1.29, 1.82) is 0 Å². The smallest absolute Gasteiger partial charge is 0.337 e. The third-order valence-corrected chi connectivity index (χ3v) is 3.27. The molecule has 0 saturated carbocycles. The lowest BCUT2D eigenvalue weighted by Gasteiger charge is -2.09. The number of methoxy groups -OCH3 is 1. The molecule has 20 heavy (non-hydrogen) atoms. The average molecular weight is 271 g/mol. The van der Waals surface area contributed by atoms with Crippen molar-refractivity contribution in [2.75, 3.05) is 7.11 Å².